The van der Waals surface area contributed by atoms with Crippen molar-refractivity contribution >= 4 is 29.3 Å². The molecule has 0 spiro atoms. The Balaban J connectivity index is 1.51. The topological polar surface area (TPSA) is 42.2 Å². The number of furan rings is 1. The van der Waals surface area contributed by atoms with E-state index in [4.69, 9.17) is 16.0 Å². The summed E-state index contributed by atoms with van der Waals surface area (Å²) in [6, 6.07) is 11.8. The van der Waals surface area contributed by atoms with Crippen LogP contribution in [0.1, 0.15) is 55.0 Å². The largest absolute Gasteiger partial charge is 0.455 e. The Labute approximate surface area is 164 Å². The van der Waals surface area contributed by atoms with Gasteiger partial charge < -0.3 is 9.73 Å². The lowest BCUT2D eigenvalue weighted by molar-refractivity contribution is 0.0861. The van der Waals surface area contributed by atoms with Crippen LogP contribution in [0.5, 0.6) is 0 Å². The maximum atomic E-state index is 12.5. The van der Waals surface area contributed by atoms with Gasteiger partial charge in [-0.2, -0.15) is 0 Å². The van der Waals surface area contributed by atoms with Crippen molar-refractivity contribution < 1.29 is 9.21 Å². The predicted octanol–water partition coefficient (Wildman–Crippen LogP) is 5.92. The molecule has 1 aromatic heterocycles. The molecule has 1 saturated carbocycles. The normalized spacial score (nSPS) is 23.0. The highest BCUT2D eigenvalue weighted by Crippen LogP contribution is 2.30. The highest BCUT2D eigenvalue weighted by atomic mass is 35.5. The van der Waals surface area contributed by atoms with Gasteiger partial charge in [0.15, 0.2) is 5.76 Å². The van der Waals surface area contributed by atoms with Crippen molar-refractivity contribution in [3.63, 3.8) is 0 Å². The van der Waals surface area contributed by atoms with Gasteiger partial charge in [0.25, 0.3) is 5.91 Å². The van der Waals surface area contributed by atoms with Crippen LogP contribution in [0, 0.1) is 11.8 Å². The molecule has 1 aliphatic carbocycles. The molecule has 3 atom stereocenters. The number of carbonyl (C=O) groups is 1. The summed E-state index contributed by atoms with van der Waals surface area (Å²) >= 11 is 7.90. The van der Waals surface area contributed by atoms with Gasteiger partial charge in [-0.05, 0) is 42.0 Å². The van der Waals surface area contributed by atoms with Crippen molar-refractivity contribution in [2.45, 2.75) is 50.7 Å². The second kappa shape index (κ2) is 9.01. The van der Waals surface area contributed by atoms with Crippen LogP contribution < -0.4 is 5.32 Å². The van der Waals surface area contributed by atoms with Crippen molar-refractivity contribution in [1.29, 1.82) is 0 Å². The second-order valence-electron chi connectivity index (χ2n) is 7.20. The zero-order valence-electron chi connectivity index (χ0n) is 15.3. The van der Waals surface area contributed by atoms with Crippen LogP contribution in [0.2, 0.25) is 5.02 Å². The highest BCUT2D eigenvalue weighted by Gasteiger charge is 2.29. The molecule has 0 aliphatic heterocycles. The van der Waals surface area contributed by atoms with Crippen LogP contribution in [0.15, 0.2) is 40.8 Å². The summed E-state index contributed by atoms with van der Waals surface area (Å²) in [7, 11) is 0. The average Bonchev–Trinajstić information content (AvgIpc) is 3.10. The minimum atomic E-state index is -0.0988. The van der Waals surface area contributed by atoms with Gasteiger partial charge in [0.05, 0.1) is 5.75 Å². The summed E-state index contributed by atoms with van der Waals surface area (Å²) in [6.07, 6.45) is 3.48. The fraction of sp³-hybridized carbons (Fsp3) is 0.476. The SMILES string of the molecule is C[C@@H]1[C@H](C)CCC[C@@H]1NC(=O)c1ccc(CSCc2ccccc2Cl)o1. The van der Waals surface area contributed by atoms with Gasteiger partial charge in [-0.3, -0.25) is 4.79 Å². The highest BCUT2D eigenvalue weighted by molar-refractivity contribution is 7.97. The Hall–Kier alpha value is -1.39. The first-order valence-corrected chi connectivity index (χ1v) is 10.8. The van der Waals surface area contributed by atoms with E-state index in [1.54, 1.807) is 17.8 Å². The molecule has 5 heteroatoms. The first-order chi connectivity index (χ1) is 12.5. The molecule has 0 unspecified atom stereocenters. The van der Waals surface area contributed by atoms with Crippen molar-refractivity contribution in [1.82, 2.24) is 5.32 Å². The molecule has 1 amide bonds. The molecule has 1 N–H and O–H groups in total. The Kier molecular flexibility index (Phi) is 6.71. The quantitative estimate of drug-likeness (QED) is 0.664. The predicted molar refractivity (Wildman–Crippen MR) is 109 cm³/mol. The number of thioether (sulfide) groups is 1. The van der Waals surface area contributed by atoms with E-state index < -0.39 is 0 Å². The zero-order chi connectivity index (χ0) is 18.5. The summed E-state index contributed by atoms with van der Waals surface area (Å²) in [5, 5.41) is 3.95. The summed E-state index contributed by atoms with van der Waals surface area (Å²) in [4.78, 5) is 12.5. The molecule has 3 rings (SSSR count). The van der Waals surface area contributed by atoms with Crippen LogP contribution in [0.4, 0.5) is 0 Å². The molecular weight excluding hydrogens is 366 g/mol. The lowest BCUT2D eigenvalue weighted by Gasteiger charge is -2.34. The molecule has 2 aromatic rings. The van der Waals surface area contributed by atoms with Gasteiger partial charge in [0.2, 0.25) is 0 Å². The fourth-order valence-electron chi connectivity index (χ4n) is 3.48. The smallest absolute Gasteiger partial charge is 0.287 e. The molecule has 1 fully saturated rings. The van der Waals surface area contributed by atoms with Crippen molar-refractivity contribution in [2.75, 3.05) is 0 Å². The van der Waals surface area contributed by atoms with Gasteiger partial charge in [-0.1, -0.05) is 56.5 Å². The third kappa shape index (κ3) is 4.86. The minimum Gasteiger partial charge on any atom is -0.455 e. The van der Waals surface area contributed by atoms with E-state index in [0.29, 0.717) is 17.6 Å². The summed E-state index contributed by atoms with van der Waals surface area (Å²) in [5.41, 5.74) is 1.11. The molecule has 140 valence electrons. The second-order valence-corrected chi connectivity index (χ2v) is 8.59. The third-order valence-electron chi connectivity index (χ3n) is 5.37. The van der Waals surface area contributed by atoms with Crippen LogP contribution in [-0.2, 0) is 11.5 Å². The first kappa shape index (κ1) is 19.4. The van der Waals surface area contributed by atoms with Gasteiger partial charge >= 0.3 is 0 Å². The number of hydrogen-bond donors (Lipinski definition) is 1. The molecule has 0 saturated heterocycles. The standard InChI is InChI=1S/C21H26ClNO2S/c1-14-6-5-9-19(15(14)2)23-21(24)20-11-10-17(25-20)13-26-12-16-7-3-4-8-18(16)22/h3-4,7-8,10-11,14-15,19H,5-6,9,12-13H2,1-2H3,(H,23,24)/t14-,15-,19+/m1/s1. The van der Waals surface area contributed by atoms with Crippen molar-refractivity contribution in [3.05, 3.63) is 58.5 Å². The third-order valence-corrected chi connectivity index (χ3v) is 6.74. The molecular formula is C21H26ClNO2S. The molecule has 1 heterocycles. The Morgan fingerprint density at radius 3 is 2.81 bits per heavy atom. The number of halogens is 1. The van der Waals surface area contributed by atoms with Crippen molar-refractivity contribution in [3.8, 4) is 0 Å². The van der Waals surface area contributed by atoms with E-state index in [-0.39, 0.29) is 11.9 Å². The lowest BCUT2D eigenvalue weighted by Crippen LogP contribution is -2.43. The summed E-state index contributed by atoms with van der Waals surface area (Å²) < 4.78 is 5.75. The van der Waals surface area contributed by atoms with Crippen LogP contribution in [-0.4, -0.2) is 11.9 Å². The van der Waals surface area contributed by atoms with Crippen molar-refractivity contribution in [2.24, 2.45) is 11.8 Å². The van der Waals surface area contributed by atoms with E-state index in [0.717, 1.165) is 34.3 Å². The summed E-state index contributed by atoms with van der Waals surface area (Å²) in [5.74, 6) is 3.82. The van der Waals surface area contributed by atoms with Gasteiger partial charge in [-0.25, -0.2) is 0 Å². The maximum Gasteiger partial charge on any atom is 0.287 e. The molecule has 1 aliphatic rings. The van der Waals surface area contributed by atoms with Gasteiger partial charge in [0, 0.05) is 16.8 Å². The number of nitrogens with one attached hydrogen (secondary N) is 1. The van der Waals surface area contributed by atoms with Crippen LogP contribution in [0.3, 0.4) is 0 Å². The van der Waals surface area contributed by atoms with E-state index in [2.05, 4.69) is 19.2 Å². The van der Waals surface area contributed by atoms with Gasteiger partial charge in [0.1, 0.15) is 5.76 Å². The number of benzene rings is 1. The fourth-order valence-corrected chi connectivity index (χ4v) is 4.69. The number of hydrogen-bond acceptors (Lipinski definition) is 3. The number of amides is 1. The number of carbonyl (C=O) groups excluding carboxylic acids is 1. The van der Waals surface area contributed by atoms with E-state index in [9.17, 15) is 4.79 Å². The monoisotopic (exact) mass is 391 g/mol. The van der Waals surface area contributed by atoms with Crippen LogP contribution in [0.25, 0.3) is 0 Å². The number of rotatable bonds is 6. The van der Waals surface area contributed by atoms with E-state index in [1.807, 2.05) is 30.3 Å². The summed E-state index contributed by atoms with van der Waals surface area (Å²) in [6.45, 7) is 4.50. The van der Waals surface area contributed by atoms with E-state index >= 15 is 0 Å². The van der Waals surface area contributed by atoms with Crippen LogP contribution >= 0.6 is 23.4 Å². The molecule has 3 nitrogen and oxygen atoms in total. The van der Waals surface area contributed by atoms with E-state index in [1.165, 1.54) is 12.8 Å². The molecule has 0 bridgehead atoms. The Bertz CT molecular complexity index is 745. The maximum absolute atomic E-state index is 12.5. The zero-order valence-corrected chi connectivity index (χ0v) is 16.9. The Morgan fingerprint density at radius 2 is 2.00 bits per heavy atom. The lowest BCUT2D eigenvalue weighted by atomic mass is 9.78. The minimum absolute atomic E-state index is 0.0988. The van der Waals surface area contributed by atoms with Gasteiger partial charge in [-0.15, -0.1) is 11.8 Å². The molecule has 0 radical (unpaired) electrons. The molecule has 26 heavy (non-hydrogen) atoms. The Morgan fingerprint density at radius 1 is 1.19 bits per heavy atom. The first-order valence-electron chi connectivity index (χ1n) is 9.25. The molecule has 1 aromatic carbocycles. The average molecular weight is 392 g/mol.